The molecule has 0 unspecified atom stereocenters. The van der Waals surface area contributed by atoms with Crippen molar-refractivity contribution in [3.05, 3.63) is 30.3 Å². The monoisotopic (exact) mass is 249 g/mol. The van der Waals surface area contributed by atoms with E-state index in [0.29, 0.717) is 0 Å². The van der Waals surface area contributed by atoms with Crippen molar-refractivity contribution in [1.29, 1.82) is 0 Å². The number of esters is 1. The topological polar surface area (TPSA) is 55.4 Å². The van der Waals surface area contributed by atoms with Gasteiger partial charge in [-0.25, -0.2) is 0 Å². The van der Waals surface area contributed by atoms with E-state index >= 15 is 0 Å². The van der Waals surface area contributed by atoms with Crippen LogP contribution in [0.2, 0.25) is 0 Å². The molecule has 0 saturated carbocycles. The second-order valence-corrected chi connectivity index (χ2v) is 5.00. The minimum absolute atomic E-state index is 0.0932. The third-order valence-electron chi connectivity index (χ3n) is 2.03. The Balaban J connectivity index is 2.32. The lowest BCUT2D eigenvalue weighted by Gasteiger charge is -2.19. The molecular formula is C14H19NO3. The number of nitrogens with one attached hydrogen (secondary N) is 1. The fraction of sp³-hybridized carbons (Fsp3) is 0.429. The maximum absolute atomic E-state index is 11.6. The number of ether oxygens (including phenoxy) is 1. The van der Waals surface area contributed by atoms with E-state index in [-0.39, 0.29) is 24.7 Å². The Bertz CT molecular complexity index is 407. The van der Waals surface area contributed by atoms with Crippen LogP contribution in [-0.2, 0) is 14.3 Å². The SMILES string of the molecule is CC(C)(C)OC(=O)CCC(=O)Nc1ccccc1. The van der Waals surface area contributed by atoms with Crippen LogP contribution in [0.25, 0.3) is 0 Å². The summed E-state index contributed by atoms with van der Waals surface area (Å²) in [7, 11) is 0. The first kappa shape index (κ1) is 14.2. The first-order valence-electron chi connectivity index (χ1n) is 5.93. The van der Waals surface area contributed by atoms with Gasteiger partial charge in [-0.2, -0.15) is 0 Å². The van der Waals surface area contributed by atoms with Gasteiger partial charge in [0, 0.05) is 12.1 Å². The maximum atomic E-state index is 11.6. The van der Waals surface area contributed by atoms with E-state index in [2.05, 4.69) is 5.32 Å². The normalized spacial score (nSPS) is 10.8. The van der Waals surface area contributed by atoms with E-state index in [1.807, 2.05) is 18.2 Å². The van der Waals surface area contributed by atoms with Crippen molar-refractivity contribution in [3.8, 4) is 0 Å². The van der Waals surface area contributed by atoms with E-state index in [0.717, 1.165) is 5.69 Å². The molecule has 0 atom stereocenters. The predicted molar refractivity (Wildman–Crippen MR) is 70.2 cm³/mol. The molecule has 4 nitrogen and oxygen atoms in total. The first-order chi connectivity index (χ1) is 8.37. The van der Waals surface area contributed by atoms with Gasteiger partial charge in [-0.05, 0) is 32.9 Å². The number of amides is 1. The van der Waals surface area contributed by atoms with Crippen molar-refractivity contribution in [2.45, 2.75) is 39.2 Å². The average Bonchev–Trinajstić information content (AvgIpc) is 2.25. The molecular weight excluding hydrogens is 230 g/mol. The first-order valence-corrected chi connectivity index (χ1v) is 5.93. The summed E-state index contributed by atoms with van der Waals surface area (Å²) >= 11 is 0. The van der Waals surface area contributed by atoms with Gasteiger partial charge >= 0.3 is 5.97 Å². The smallest absolute Gasteiger partial charge is 0.306 e. The summed E-state index contributed by atoms with van der Waals surface area (Å²) in [5, 5.41) is 2.71. The summed E-state index contributed by atoms with van der Waals surface area (Å²) in [5.41, 5.74) is 0.221. The van der Waals surface area contributed by atoms with Crippen LogP contribution in [0.3, 0.4) is 0 Å². The van der Waals surface area contributed by atoms with Gasteiger partial charge in [0.25, 0.3) is 0 Å². The average molecular weight is 249 g/mol. The fourth-order valence-electron chi connectivity index (χ4n) is 1.35. The Morgan fingerprint density at radius 3 is 2.28 bits per heavy atom. The molecule has 18 heavy (non-hydrogen) atoms. The molecule has 1 aromatic carbocycles. The highest BCUT2D eigenvalue weighted by Gasteiger charge is 2.16. The van der Waals surface area contributed by atoms with Crippen LogP contribution in [0.5, 0.6) is 0 Å². The highest BCUT2D eigenvalue weighted by molar-refractivity contribution is 5.92. The number of carbonyl (C=O) groups is 2. The van der Waals surface area contributed by atoms with Gasteiger partial charge in [0.15, 0.2) is 0 Å². The highest BCUT2D eigenvalue weighted by Crippen LogP contribution is 2.10. The number of hydrogen-bond acceptors (Lipinski definition) is 3. The predicted octanol–water partition coefficient (Wildman–Crippen LogP) is 2.75. The van der Waals surface area contributed by atoms with E-state index in [9.17, 15) is 9.59 Å². The van der Waals surface area contributed by atoms with Gasteiger partial charge in [-0.15, -0.1) is 0 Å². The van der Waals surface area contributed by atoms with Crippen molar-refractivity contribution < 1.29 is 14.3 Å². The van der Waals surface area contributed by atoms with E-state index < -0.39 is 5.60 Å². The van der Waals surface area contributed by atoms with E-state index in [4.69, 9.17) is 4.74 Å². The summed E-state index contributed by atoms with van der Waals surface area (Å²) in [4.78, 5) is 23.0. The molecule has 4 heteroatoms. The molecule has 0 saturated heterocycles. The Morgan fingerprint density at radius 2 is 1.72 bits per heavy atom. The third kappa shape index (κ3) is 6.03. The fourth-order valence-corrected chi connectivity index (χ4v) is 1.35. The van der Waals surface area contributed by atoms with E-state index in [1.165, 1.54) is 0 Å². The van der Waals surface area contributed by atoms with Crippen LogP contribution in [0.15, 0.2) is 30.3 Å². The van der Waals surface area contributed by atoms with Crippen LogP contribution in [0.4, 0.5) is 5.69 Å². The number of benzene rings is 1. The lowest BCUT2D eigenvalue weighted by atomic mass is 10.2. The summed E-state index contributed by atoms with van der Waals surface area (Å²) < 4.78 is 5.12. The zero-order valence-corrected chi connectivity index (χ0v) is 11.0. The minimum atomic E-state index is -0.507. The number of anilines is 1. The Kier molecular flexibility index (Phi) is 4.89. The number of carbonyl (C=O) groups excluding carboxylic acids is 2. The summed E-state index contributed by atoms with van der Waals surface area (Å²) in [6.07, 6.45) is 0.222. The summed E-state index contributed by atoms with van der Waals surface area (Å²) in [6.45, 7) is 5.40. The largest absolute Gasteiger partial charge is 0.460 e. The number of rotatable bonds is 4. The van der Waals surface area contributed by atoms with Gasteiger partial charge in [0.05, 0.1) is 6.42 Å². The Hall–Kier alpha value is -1.84. The highest BCUT2D eigenvalue weighted by atomic mass is 16.6. The molecule has 0 spiro atoms. The van der Waals surface area contributed by atoms with Gasteiger partial charge in [0.2, 0.25) is 5.91 Å². The molecule has 0 aliphatic heterocycles. The molecule has 98 valence electrons. The number of para-hydroxylation sites is 1. The van der Waals surface area contributed by atoms with Crippen LogP contribution in [0, 0.1) is 0 Å². The molecule has 1 aromatic rings. The molecule has 0 fully saturated rings. The van der Waals surface area contributed by atoms with Crippen LogP contribution >= 0.6 is 0 Å². The van der Waals surface area contributed by atoms with Crippen molar-refractivity contribution in [3.63, 3.8) is 0 Å². The molecule has 0 bridgehead atoms. The Labute approximate surface area is 107 Å². The molecule has 1 rings (SSSR count). The molecule has 0 aromatic heterocycles. The van der Waals surface area contributed by atoms with Crippen LogP contribution in [-0.4, -0.2) is 17.5 Å². The zero-order valence-electron chi connectivity index (χ0n) is 11.0. The van der Waals surface area contributed by atoms with Gasteiger partial charge in [0.1, 0.15) is 5.60 Å². The summed E-state index contributed by atoms with van der Waals surface area (Å²) in [6, 6.07) is 9.14. The standard InChI is InChI=1S/C14H19NO3/c1-14(2,3)18-13(17)10-9-12(16)15-11-7-5-4-6-8-11/h4-8H,9-10H2,1-3H3,(H,15,16). The zero-order chi connectivity index (χ0) is 13.6. The van der Waals surface area contributed by atoms with Gasteiger partial charge in [-0.3, -0.25) is 9.59 Å². The van der Waals surface area contributed by atoms with Crippen molar-refractivity contribution in [2.24, 2.45) is 0 Å². The van der Waals surface area contributed by atoms with E-state index in [1.54, 1.807) is 32.9 Å². The second-order valence-electron chi connectivity index (χ2n) is 5.00. The van der Waals surface area contributed by atoms with Gasteiger partial charge in [-0.1, -0.05) is 18.2 Å². The third-order valence-corrected chi connectivity index (χ3v) is 2.03. The molecule has 0 aliphatic rings. The molecule has 1 amide bonds. The Morgan fingerprint density at radius 1 is 1.11 bits per heavy atom. The van der Waals surface area contributed by atoms with Crippen LogP contribution < -0.4 is 5.32 Å². The molecule has 0 aliphatic carbocycles. The molecule has 0 radical (unpaired) electrons. The quantitative estimate of drug-likeness (QED) is 0.835. The lowest BCUT2D eigenvalue weighted by Crippen LogP contribution is -2.24. The lowest BCUT2D eigenvalue weighted by molar-refractivity contribution is -0.155. The van der Waals surface area contributed by atoms with Crippen LogP contribution in [0.1, 0.15) is 33.6 Å². The number of hydrogen-bond donors (Lipinski definition) is 1. The van der Waals surface area contributed by atoms with Crippen molar-refractivity contribution in [1.82, 2.24) is 0 Å². The van der Waals surface area contributed by atoms with Crippen molar-refractivity contribution >= 4 is 17.6 Å². The molecule has 0 heterocycles. The van der Waals surface area contributed by atoms with Crippen molar-refractivity contribution in [2.75, 3.05) is 5.32 Å². The summed E-state index contributed by atoms with van der Waals surface area (Å²) in [5.74, 6) is -0.544. The second kappa shape index (κ2) is 6.19. The molecule has 1 N–H and O–H groups in total. The van der Waals surface area contributed by atoms with Gasteiger partial charge < -0.3 is 10.1 Å². The minimum Gasteiger partial charge on any atom is -0.460 e. The maximum Gasteiger partial charge on any atom is 0.306 e.